The van der Waals surface area contributed by atoms with Gasteiger partial charge < -0.3 is 5.01 Å². The second-order valence-corrected chi connectivity index (χ2v) is 2.18. The second-order valence-electron chi connectivity index (χ2n) is 1.32. The van der Waals surface area contributed by atoms with Gasteiger partial charge in [0.2, 0.25) is 0 Å². The third kappa shape index (κ3) is 1.17. The molecule has 1 rings (SSSR count). The fraction of sp³-hybridized carbons (Fsp3) is 0.250. The Balaban J connectivity index is 2.50. The van der Waals surface area contributed by atoms with Crippen molar-refractivity contribution in [3.05, 3.63) is 17.2 Å². The Bertz CT molecular complexity index is 99.9. The summed E-state index contributed by atoms with van der Waals surface area (Å²) >= 11 is 3.22. The number of rotatable bonds is 0. The summed E-state index contributed by atoms with van der Waals surface area (Å²) in [5.74, 6) is 0. The van der Waals surface area contributed by atoms with Gasteiger partial charge in [0, 0.05) is 17.7 Å². The largest absolute Gasteiger partial charge is 0.317 e. The molecule has 0 bridgehead atoms. The maximum atomic E-state index is 3.22. The zero-order chi connectivity index (χ0) is 5.28. The average molecular weight is 161 g/mol. The quantitative estimate of drug-likeness (QED) is 0.562. The van der Waals surface area contributed by atoms with Crippen LogP contribution >= 0.6 is 15.9 Å². The summed E-state index contributed by atoms with van der Waals surface area (Å²) in [6.07, 6.45) is 1.89. The highest BCUT2D eigenvalue weighted by Gasteiger charge is 2.03. The number of nitrogens with one attached hydrogen (secondary N) is 1. The molecule has 2 radical (unpaired) electrons. The standard InChI is InChI=1S/C4H5BrN2/c1-7-3-4(5)2-6-7/h3,6H,1H3. The number of halogens is 1. The Morgan fingerprint density at radius 1 is 2.00 bits per heavy atom. The van der Waals surface area contributed by atoms with Gasteiger partial charge in [0.1, 0.15) is 6.54 Å². The predicted molar refractivity (Wildman–Crippen MR) is 31.2 cm³/mol. The Morgan fingerprint density at radius 3 is 2.86 bits per heavy atom. The van der Waals surface area contributed by atoms with Crippen LogP contribution in [0.3, 0.4) is 0 Å². The first-order valence-electron chi connectivity index (χ1n) is 1.91. The van der Waals surface area contributed by atoms with E-state index in [1.165, 1.54) is 0 Å². The smallest absolute Gasteiger partial charge is 0.124 e. The van der Waals surface area contributed by atoms with Gasteiger partial charge in [0.25, 0.3) is 0 Å². The maximum absolute atomic E-state index is 3.22. The fourth-order valence-electron chi connectivity index (χ4n) is 0.376. The van der Waals surface area contributed by atoms with Crippen LogP contribution in [0.25, 0.3) is 0 Å². The summed E-state index contributed by atoms with van der Waals surface area (Å²) in [6.45, 7) is 2.82. The van der Waals surface area contributed by atoms with Gasteiger partial charge in [0.15, 0.2) is 0 Å². The molecule has 38 valence electrons. The molecule has 2 nitrogen and oxygen atoms in total. The Hall–Kier alpha value is -0.0200. The second kappa shape index (κ2) is 1.84. The Labute approximate surface area is 51.3 Å². The number of hydrogen-bond acceptors (Lipinski definition) is 2. The summed E-state index contributed by atoms with van der Waals surface area (Å²) < 4.78 is 0.954. The zero-order valence-electron chi connectivity index (χ0n) is 3.90. The molecule has 1 aliphatic rings. The Kier molecular flexibility index (Phi) is 1.35. The van der Waals surface area contributed by atoms with Crippen molar-refractivity contribution in [2.24, 2.45) is 0 Å². The van der Waals surface area contributed by atoms with Crippen LogP contribution in [-0.4, -0.2) is 12.1 Å². The highest BCUT2D eigenvalue weighted by molar-refractivity contribution is 9.11. The fourth-order valence-corrected chi connectivity index (χ4v) is 0.772. The summed E-state index contributed by atoms with van der Waals surface area (Å²) in [5.41, 5.74) is 2.81. The van der Waals surface area contributed by atoms with Crippen LogP contribution in [0.2, 0.25) is 0 Å². The van der Waals surface area contributed by atoms with E-state index in [2.05, 4.69) is 27.9 Å². The van der Waals surface area contributed by atoms with Gasteiger partial charge in [-0.05, 0) is 0 Å². The van der Waals surface area contributed by atoms with Gasteiger partial charge in [-0.1, -0.05) is 15.9 Å². The van der Waals surface area contributed by atoms with E-state index in [9.17, 15) is 0 Å². The highest BCUT2D eigenvalue weighted by Crippen LogP contribution is 2.11. The normalized spacial score (nSPS) is 20.3. The first-order chi connectivity index (χ1) is 3.29. The van der Waals surface area contributed by atoms with E-state index in [0.29, 0.717) is 0 Å². The van der Waals surface area contributed by atoms with Crippen LogP contribution < -0.4 is 5.43 Å². The molecule has 0 saturated carbocycles. The van der Waals surface area contributed by atoms with Crippen molar-refractivity contribution in [2.75, 3.05) is 7.05 Å². The SMILES string of the molecule is CN1C=C(Br)[C]N1. The molecule has 0 aliphatic carbocycles. The monoisotopic (exact) mass is 160 g/mol. The molecule has 1 N–H and O–H groups in total. The average Bonchev–Trinajstić information content (AvgIpc) is 1.87. The molecule has 0 aromatic heterocycles. The molecule has 1 heterocycles. The first-order valence-corrected chi connectivity index (χ1v) is 2.70. The van der Waals surface area contributed by atoms with Gasteiger partial charge in [-0.3, -0.25) is 0 Å². The van der Waals surface area contributed by atoms with Gasteiger partial charge in [-0.15, -0.1) is 0 Å². The van der Waals surface area contributed by atoms with Gasteiger partial charge in [-0.2, -0.15) is 0 Å². The van der Waals surface area contributed by atoms with E-state index in [-0.39, 0.29) is 0 Å². The topological polar surface area (TPSA) is 15.3 Å². The van der Waals surface area contributed by atoms with Crippen LogP contribution in [0.1, 0.15) is 0 Å². The van der Waals surface area contributed by atoms with Crippen molar-refractivity contribution in [1.82, 2.24) is 10.4 Å². The van der Waals surface area contributed by atoms with Crippen molar-refractivity contribution in [1.29, 1.82) is 0 Å². The molecular formula is C4H5BrN2. The molecule has 0 spiro atoms. The molecule has 3 heteroatoms. The molecular weight excluding hydrogens is 156 g/mol. The minimum absolute atomic E-state index is 0.954. The first kappa shape index (κ1) is 5.12. The molecule has 0 unspecified atom stereocenters. The van der Waals surface area contributed by atoms with E-state index in [4.69, 9.17) is 0 Å². The molecule has 0 fully saturated rings. The van der Waals surface area contributed by atoms with Crippen molar-refractivity contribution >= 4 is 15.9 Å². The molecule has 0 amide bonds. The lowest BCUT2D eigenvalue weighted by Crippen LogP contribution is -2.20. The van der Waals surface area contributed by atoms with E-state index in [1.54, 1.807) is 0 Å². The highest BCUT2D eigenvalue weighted by atomic mass is 79.9. The van der Waals surface area contributed by atoms with E-state index < -0.39 is 0 Å². The van der Waals surface area contributed by atoms with Crippen LogP contribution in [0, 0.1) is 6.54 Å². The van der Waals surface area contributed by atoms with Crippen molar-refractivity contribution in [3.63, 3.8) is 0 Å². The van der Waals surface area contributed by atoms with Gasteiger partial charge in [-0.25, -0.2) is 5.43 Å². The van der Waals surface area contributed by atoms with Crippen LogP contribution in [0.15, 0.2) is 10.7 Å². The molecule has 1 aliphatic heterocycles. The third-order valence-corrected chi connectivity index (χ3v) is 1.06. The molecule has 0 saturated heterocycles. The zero-order valence-corrected chi connectivity index (χ0v) is 5.49. The molecule has 0 aromatic carbocycles. The van der Waals surface area contributed by atoms with Crippen molar-refractivity contribution in [2.45, 2.75) is 0 Å². The van der Waals surface area contributed by atoms with Crippen molar-refractivity contribution in [3.8, 4) is 0 Å². The molecule has 0 aromatic rings. The minimum atomic E-state index is 0.954. The predicted octanol–water partition coefficient (Wildman–Crippen LogP) is 0.711. The van der Waals surface area contributed by atoms with Gasteiger partial charge in [0.05, 0.1) is 0 Å². The summed E-state index contributed by atoms with van der Waals surface area (Å²) in [6, 6.07) is 0. The van der Waals surface area contributed by atoms with Crippen LogP contribution in [0.5, 0.6) is 0 Å². The summed E-state index contributed by atoms with van der Waals surface area (Å²) in [5, 5.41) is 1.81. The molecule has 0 atom stereocenters. The van der Waals surface area contributed by atoms with E-state index >= 15 is 0 Å². The van der Waals surface area contributed by atoms with Crippen LogP contribution in [-0.2, 0) is 0 Å². The maximum Gasteiger partial charge on any atom is 0.124 e. The van der Waals surface area contributed by atoms with Crippen LogP contribution in [0.4, 0.5) is 0 Å². The number of hydrogen-bond donors (Lipinski definition) is 1. The van der Waals surface area contributed by atoms with E-state index in [1.807, 2.05) is 18.3 Å². The number of hydrazine groups is 1. The van der Waals surface area contributed by atoms with E-state index in [0.717, 1.165) is 4.48 Å². The summed E-state index contributed by atoms with van der Waals surface area (Å²) in [4.78, 5) is 0. The third-order valence-electron chi connectivity index (χ3n) is 0.659. The molecule has 7 heavy (non-hydrogen) atoms. The lowest BCUT2D eigenvalue weighted by atomic mass is 10.7. The summed E-state index contributed by atoms with van der Waals surface area (Å²) in [7, 11) is 1.90. The van der Waals surface area contributed by atoms with Crippen molar-refractivity contribution < 1.29 is 0 Å². The minimum Gasteiger partial charge on any atom is -0.317 e. The Morgan fingerprint density at radius 2 is 2.71 bits per heavy atom. The van der Waals surface area contributed by atoms with Gasteiger partial charge >= 0.3 is 0 Å². The number of nitrogens with zero attached hydrogens (tertiary/aromatic N) is 1. The lowest BCUT2D eigenvalue weighted by molar-refractivity contribution is 0.395. The lowest BCUT2D eigenvalue weighted by Gasteiger charge is -2.03.